The van der Waals surface area contributed by atoms with Crippen molar-refractivity contribution in [2.45, 2.75) is 6.92 Å². The predicted molar refractivity (Wildman–Crippen MR) is 69.2 cm³/mol. The standard InChI is InChI=1S/C14H9ClFNO/c1-8-2-5-12-13(6-8)18-14(17-12)9-3-4-11(16)10(15)7-9/h2-7H,1H3. The number of hydrogen-bond acceptors (Lipinski definition) is 2. The Morgan fingerprint density at radius 1 is 1.17 bits per heavy atom. The molecule has 0 fully saturated rings. The second kappa shape index (κ2) is 4.10. The van der Waals surface area contributed by atoms with Gasteiger partial charge in [-0.05, 0) is 42.8 Å². The van der Waals surface area contributed by atoms with Crippen LogP contribution in [0.1, 0.15) is 5.56 Å². The number of aromatic nitrogens is 1. The number of fused-ring (bicyclic) bond motifs is 1. The molecule has 4 heteroatoms. The molecule has 0 saturated heterocycles. The molecule has 90 valence electrons. The Morgan fingerprint density at radius 3 is 2.78 bits per heavy atom. The van der Waals surface area contributed by atoms with E-state index >= 15 is 0 Å². The van der Waals surface area contributed by atoms with Gasteiger partial charge in [-0.15, -0.1) is 0 Å². The van der Waals surface area contributed by atoms with E-state index in [1.807, 2.05) is 25.1 Å². The van der Waals surface area contributed by atoms with Crippen LogP contribution in [-0.4, -0.2) is 4.98 Å². The van der Waals surface area contributed by atoms with Gasteiger partial charge in [-0.3, -0.25) is 0 Å². The first-order valence-electron chi connectivity index (χ1n) is 5.46. The smallest absolute Gasteiger partial charge is 0.227 e. The number of aryl methyl sites for hydroxylation is 1. The number of halogens is 2. The van der Waals surface area contributed by atoms with E-state index in [4.69, 9.17) is 16.0 Å². The molecule has 2 nitrogen and oxygen atoms in total. The van der Waals surface area contributed by atoms with E-state index in [0.29, 0.717) is 17.0 Å². The van der Waals surface area contributed by atoms with Gasteiger partial charge in [-0.1, -0.05) is 17.7 Å². The molecule has 0 aliphatic heterocycles. The quantitative estimate of drug-likeness (QED) is 0.640. The fourth-order valence-corrected chi connectivity index (χ4v) is 1.97. The molecule has 3 rings (SSSR count). The summed E-state index contributed by atoms with van der Waals surface area (Å²) >= 11 is 5.74. The van der Waals surface area contributed by atoms with Gasteiger partial charge in [0.2, 0.25) is 5.89 Å². The third-order valence-corrected chi connectivity index (χ3v) is 3.00. The van der Waals surface area contributed by atoms with E-state index in [-0.39, 0.29) is 5.02 Å². The Morgan fingerprint density at radius 2 is 2.00 bits per heavy atom. The Labute approximate surface area is 108 Å². The van der Waals surface area contributed by atoms with Crippen LogP contribution in [-0.2, 0) is 0 Å². The summed E-state index contributed by atoms with van der Waals surface area (Å²) in [6, 6.07) is 10.2. The summed E-state index contributed by atoms with van der Waals surface area (Å²) in [7, 11) is 0. The van der Waals surface area contributed by atoms with Crippen LogP contribution in [0.4, 0.5) is 4.39 Å². The highest BCUT2D eigenvalue weighted by atomic mass is 35.5. The van der Waals surface area contributed by atoms with Crippen molar-refractivity contribution < 1.29 is 8.81 Å². The van der Waals surface area contributed by atoms with Gasteiger partial charge in [0, 0.05) is 5.56 Å². The molecule has 0 aliphatic rings. The van der Waals surface area contributed by atoms with Crippen molar-refractivity contribution >= 4 is 22.7 Å². The molecule has 0 N–H and O–H groups in total. The first kappa shape index (κ1) is 11.2. The molecule has 0 amide bonds. The van der Waals surface area contributed by atoms with Crippen molar-refractivity contribution in [3.8, 4) is 11.5 Å². The van der Waals surface area contributed by atoms with Crippen LogP contribution in [0.25, 0.3) is 22.6 Å². The number of oxazole rings is 1. The van der Waals surface area contributed by atoms with Gasteiger partial charge in [0.05, 0.1) is 5.02 Å². The highest BCUT2D eigenvalue weighted by Crippen LogP contribution is 2.27. The molecule has 18 heavy (non-hydrogen) atoms. The molecule has 0 spiro atoms. The average molecular weight is 262 g/mol. The largest absolute Gasteiger partial charge is 0.436 e. The molecule has 0 unspecified atom stereocenters. The van der Waals surface area contributed by atoms with Crippen molar-refractivity contribution in [1.29, 1.82) is 0 Å². The Balaban J connectivity index is 2.16. The number of benzene rings is 2. The molecule has 0 aliphatic carbocycles. The van der Waals surface area contributed by atoms with Crippen LogP contribution in [0.2, 0.25) is 5.02 Å². The molecule has 0 atom stereocenters. The maximum Gasteiger partial charge on any atom is 0.227 e. The van der Waals surface area contributed by atoms with Gasteiger partial charge in [0.1, 0.15) is 11.3 Å². The molecular weight excluding hydrogens is 253 g/mol. The van der Waals surface area contributed by atoms with Crippen LogP contribution in [0.5, 0.6) is 0 Å². The minimum Gasteiger partial charge on any atom is -0.436 e. The molecule has 0 radical (unpaired) electrons. The molecular formula is C14H9ClFNO. The summed E-state index contributed by atoms with van der Waals surface area (Å²) < 4.78 is 18.7. The molecule has 0 saturated carbocycles. The van der Waals surface area contributed by atoms with E-state index in [1.165, 1.54) is 12.1 Å². The monoisotopic (exact) mass is 261 g/mol. The van der Waals surface area contributed by atoms with Gasteiger partial charge in [-0.2, -0.15) is 0 Å². The number of rotatable bonds is 1. The van der Waals surface area contributed by atoms with E-state index in [1.54, 1.807) is 6.07 Å². The van der Waals surface area contributed by atoms with Gasteiger partial charge >= 0.3 is 0 Å². The van der Waals surface area contributed by atoms with Crippen molar-refractivity contribution in [3.05, 3.63) is 52.8 Å². The topological polar surface area (TPSA) is 26.0 Å². The summed E-state index contributed by atoms with van der Waals surface area (Å²) in [4.78, 5) is 4.35. The van der Waals surface area contributed by atoms with Gasteiger partial charge in [0.15, 0.2) is 5.58 Å². The van der Waals surface area contributed by atoms with Crippen LogP contribution >= 0.6 is 11.6 Å². The average Bonchev–Trinajstić information content (AvgIpc) is 2.75. The van der Waals surface area contributed by atoms with Crippen LogP contribution in [0, 0.1) is 12.7 Å². The van der Waals surface area contributed by atoms with E-state index < -0.39 is 5.82 Å². The summed E-state index contributed by atoms with van der Waals surface area (Å²) in [5, 5.41) is 0.0611. The third kappa shape index (κ3) is 1.87. The maximum absolute atomic E-state index is 13.1. The zero-order valence-electron chi connectivity index (χ0n) is 9.58. The van der Waals surface area contributed by atoms with Gasteiger partial charge in [0.25, 0.3) is 0 Å². The number of hydrogen-bond donors (Lipinski definition) is 0. The van der Waals surface area contributed by atoms with Gasteiger partial charge < -0.3 is 4.42 Å². The Hall–Kier alpha value is -1.87. The van der Waals surface area contributed by atoms with Gasteiger partial charge in [-0.25, -0.2) is 9.37 Å². The Kier molecular flexibility index (Phi) is 2.56. The molecule has 0 bridgehead atoms. The molecule has 1 aromatic heterocycles. The van der Waals surface area contributed by atoms with E-state index in [9.17, 15) is 4.39 Å². The van der Waals surface area contributed by atoms with Crippen LogP contribution < -0.4 is 0 Å². The fraction of sp³-hybridized carbons (Fsp3) is 0.0714. The first-order chi connectivity index (χ1) is 8.63. The molecule has 1 heterocycles. The predicted octanol–water partition coefficient (Wildman–Crippen LogP) is 4.60. The lowest BCUT2D eigenvalue weighted by Gasteiger charge is -1.97. The highest BCUT2D eigenvalue weighted by molar-refractivity contribution is 6.31. The summed E-state index contributed by atoms with van der Waals surface area (Å²) in [6.07, 6.45) is 0. The van der Waals surface area contributed by atoms with Crippen molar-refractivity contribution in [2.75, 3.05) is 0 Å². The second-order valence-electron chi connectivity index (χ2n) is 4.12. The van der Waals surface area contributed by atoms with E-state index in [2.05, 4.69) is 4.98 Å². The van der Waals surface area contributed by atoms with Crippen LogP contribution in [0.15, 0.2) is 40.8 Å². The second-order valence-corrected chi connectivity index (χ2v) is 4.53. The zero-order chi connectivity index (χ0) is 12.7. The number of nitrogens with zero attached hydrogens (tertiary/aromatic N) is 1. The lowest BCUT2D eigenvalue weighted by molar-refractivity contribution is 0.616. The first-order valence-corrected chi connectivity index (χ1v) is 5.84. The lowest BCUT2D eigenvalue weighted by Crippen LogP contribution is -1.80. The normalized spacial score (nSPS) is 11.1. The van der Waals surface area contributed by atoms with Crippen molar-refractivity contribution in [1.82, 2.24) is 4.98 Å². The SMILES string of the molecule is Cc1ccc2nc(-c3ccc(F)c(Cl)c3)oc2c1. The molecule has 3 aromatic rings. The minimum atomic E-state index is -0.452. The summed E-state index contributed by atoms with van der Waals surface area (Å²) in [5.74, 6) is -0.00938. The van der Waals surface area contributed by atoms with Crippen LogP contribution in [0.3, 0.4) is 0 Å². The van der Waals surface area contributed by atoms with Crippen molar-refractivity contribution in [3.63, 3.8) is 0 Å². The fourth-order valence-electron chi connectivity index (χ4n) is 1.78. The van der Waals surface area contributed by atoms with E-state index in [0.717, 1.165) is 11.1 Å². The third-order valence-electron chi connectivity index (χ3n) is 2.71. The lowest BCUT2D eigenvalue weighted by atomic mass is 10.2. The summed E-state index contributed by atoms with van der Waals surface area (Å²) in [5.41, 5.74) is 3.25. The minimum absolute atomic E-state index is 0.0611. The van der Waals surface area contributed by atoms with Crippen molar-refractivity contribution in [2.24, 2.45) is 0 Å². The zero-order valence-corrected chi connectivity index (χ0v) is 10.3. The Bertz CT molecular complexity index is 736. The highest BCUT2D eigenvalue weighted by Gasteiger charge is 2.10. The molecule has 2 aromatic carbocycles. The summed E-state index contributed by atoms with van der Waals surface area (Å²) in [6.45, 7) is 1.98. The maximum atomic E-state index is 13.1.